The van der Waals surface area contributed by atoms with Gasteiger partial charge in [0.1, 0.15) is 6.16 Å². The number of carbonyl (C=O) groups is 1. The minimum Gasteiger partial charge on any atom is -0.481 e. The lowest BCUT2D eigenvalue weighted by atomic mass is 10.1. The first-order chi connectivity index (χ1) is 9.53. The average Bonchev–Trinajstić information content (AvgIpc) is 2.45. The van der Waals surface area contributed by atoms with Gasteiger partial charge in [0.15, 0.2) is 5.30 Å². The predicted molar refractivity (Wildman–Crippen MR) is 82.4 cm³/mol. The highest BCUT2D eigenvalue weighted by Gasteiger charge is 2.45. The molecule has 0 saturated heterocycles. The Labute approximate surface area is 121 Å². The molecule has 0 saturated carbocycles. The third kappa shape index (κ3) is 4.86. The smallest absolute Gasteiger partial charge is 0.310 e. The van der Waals surface area contributed by atoms with E-state index in [-0.39, 0.29) is 6.16 Å². The van der Waals surface area contributed by atoms with Crippen molar-refractivity contribution in [1.29, 1.82) is 0 Å². The maximum Gasteiger partial charge on any atom is 0.310 e. The van der Waals surface area contributed by atoms with Crippen LogP contribution in [0.4, 0.5) is 0 Å². The zero-order chi connectivity index (χ0) is 15.0. The minimum atomic E-state index is -2.86. The lowest BCUT2D eigenvalue weighted by Crippen LogP contribution is -2.26. The van der Waals surface area contributed by atoms with E-state index in [1.165, 1.54) is 0 Å². The van der Waals surface area contributed by atoms with Crippen molar-refractivity contribution in [1.82, 2.24) is 0 Å². The molecule has 0 aliphatic heterocycles. The van der Waals surface area contributed by atoms with Gasteiger partial charge in [-0.05, 0) is 25.0 Å². The number of hydrogen-bond acceptors (Lipinski definition) is 3. The van der Waals surface area contributed by atoms with Crippen LogP contribution in [0.5, 0.6) is 0 Å². The highest BCUT2D eigenvalue weighted by molar-refractivity contribution is 7.73. The second-order valence-electron chi connectivity index (χ2n) is 4.88. The maximum absolute atomic E-state index is 11.3. The van der Waals surface area contributed by atoms with Crippen LogP contribution >= 0.6 is 7.72 Å². The van der Waals surface area contributed by atoms with E-state index < -0.39 is 19.6 Å². The Kier molecular flexibility index (Phi) is 7.14. The molecule has 0 aliphatic rings. The van der Waals surface area contributed by atoms with E-state index in [1.54, 1.807) is 0 Å². The van der Waals surface area contributed by atoms with Crippen LogP contribution in [0.1, 0.15) is 33.1 Å². The van der Waals surface area contributed by atoms with Gasteiger partial charge in [0.25, 0.3) is 0 Å². The first kappa shape index (κ1) is 17.1. The molecule has 1 aromatic carbocycles. The number of carboxylic acids is 1. The van der Waals surface area contributed by atoms with Crippen molar-refractivity contribution >= 4 is 19.0 Å². The van der Waals surface area contributed by atoms with E-state index in [9.17, 15) is 14.8 Å². The van der Waals surface area contributed by atoms with Crippen LogP contribution in [0.2, 0.25) is 0 Å². The SMILES string of the molecule is CCCO[P+](O)(CC(CCC)C(=O)O)c1ccccc1. The molecule has 0 fully saturated rings. The van der Waals surface area contributed by atoms with Gasteiger partial charge >= 0.3 is 13.7 Å². The number of rotatable bonds is 9. The minimum absolute atomic E-state index is 0.181. The normalized spacial score (nSPS) is 15.6. The topological polar surface area (TPSA) is 66.8 Å². The van der Waals surface area contributed by atoms with Crippen molar-refractivity contribution in [2.75, 3.05) is 12.8 Å². The maximum atomic E-state index is 11.3. The molecule has 4 nitrogen and oxygen atoms in total. The van der Waals surface area contributed by atoms with Gasteiger partial charge in [-0.1, -0.05) is 38.5 Å². The highest BCUT2D eigenvalue weighted by atomic mass is 31.2. The van der Waals surface area contributed by atoms with Crippen LogP contribution in [0.15, 0.2) is 30.3 Å². The van der Waals surface area contributed by atoms with Gasteiger partial charge in [0.05, 0.1) is 12.5 Å². The van der Waals surface area contributed by atoms with Gasteiger partial charge in [-0.25, -0.2) is 9.42 Å². The number of hydrogen-bond donors (Lipinski definition) is 2. The summed E-state index contributed by atoms with van der Waals surface area (Å²) in [4.78, 5) is 22.2. The van der Waals surface area contributed by atoms with Crippen LogP contribution in [0.25, 0.3) is 0 Å². The molecule has 2 atom stereocenters. The quantitative estimate of drug-likeness (QED) is 0.688. The van der Waals surface area contributed by atoms with Crippen LogP contribution < -0.4 is 5.30 Å². The summed E-state index contributed by atoms with van der Waals surface area (Å²) in [5, 5.41) is 10.0. The summed E-state index contributed by atoms with van der Waals surface area (Å²) in [5.41, 5.74) is 0. The summed E-state index contributed by atoms with van der Waals surface area (Å²) in [5.74, 6) is -1.42. The zero-order valence-electron chi connectivity index (χ0n) is 12.2. The molecule has 2 unspecified atom stereocenters. The van der Waals surface area contributed by atoms with Gasteiger partial charge in [0, 0.05) is 0 Å². The molecular weight excluding hydrogens is 275 g/mol. The standard InChI is InChI=1S/C15H23O4P/c1-3-8-13(15(16)17)12-20(18,19-11-4-2)14-9-6-5-7-10-14/h5-7,9-10,13,18H,3-4,8,11-12H2,1-2H3/p+1. The summed E-state index contributed by atoms with van der Waals surface area (Å²) in [6.07, 6.45) is 2.31. The van der Waals surface area contributed by atoms with E-state index in [0.29, 0.717) is 13.0 Å². The first-order valence-electron chi connectivity index (χ1n) is 7.07. The van der Waals surface area contributed by atoms with Crippen molar-refractivity contribution < 1.29 is 19.3 Å². The van der Waals surface area contributed by atoms with Gasteiger partial charge in [-0.2, -0.15) is 0 Å². The van der Waals surface area contributed by atoms with Crippen LogP contribution in [0, 0.1) is 5.92 Å². The number of carboxylic acid groups (broad SMARTS) is 1. The summed E-state index contributed by atoms with van der Waals surface area (Å²) < 4.78 is 5.70. The molecule has 0 bridgehead atoms. The molecule has 2 N–H and O–H groups in total. The van der Waals surface area contributed by atoms with Crippen molar-refractivity contribution in [3.63, 3.8) is 0 Å². The molecule has 0 amide bonds. The van der Waals surface area contributed by atoms with E-state index in [0.717, 1.165) is 18.1 Å². The molecule has 20 heavy (non-hydrogen) atoms. The van der Waals surface area contributed by atoms with Gasteiger partial charge in [-0.3, -0.25) is 4.79 Å². The molecule has 0 radical (unpaired) electrons. The highest BCUT2D eigenvalue weighted by Crippen LogP contribution is 2.56. The Hall–Kier alpha value is -0.960. The lowest BCUT2D eigenvalue weighted by molar-refractivity contribution is -0.141. The van der Waals surface area contributed by atoms with Crippen LogP contribution in [-0.4, -0.2) is 28.7 Å². The molecule has 1 aromatic rings. The van der Waals surface area contributed by atoms with Crippen molar-refractivity contribution in [3.8, 4) is 0 Å². The molecule has 0 spiro atoms. The van der Waals surface area contributed by atoms with Crippen LogP contribution in [-0.2, 0) is 9.32 Å². The fourth-order valence-corrected chi connectivity index (χ4v) is 4.60. The summed E-state index contributed by atoms with van der Waals surface area (Å²) in [7, 11) is -2.86. The molecule has 0 aliphatic carbocycles. The lowest BCUT2D eigenvalue weighted by Gasteiger charge is -2.21. The fourth-order valence-electron chi connectivity index (χ4n) is 2.08. The van der Waals surface area contributed by atoms with E-state index in [4.69, 9.17) is 4.52 Å². The van der Waals surface area contributed by atoms with E-state index in [2.05, 4.69) is 0 Å². The molecule has 0 aromatic heterocycles. The third-order valence-corrected chi connectivity index (χ3v) is 5.77. The van der Waals surface area contributed by atoms with E-state index in [1.807, 2.05) is 44.2 Å². The zero-order valence-corrected chi connectivity index (χ0v) is 13.1. The van der Waals surface area contributed by atoms with Crippen molar-refractivity contribution in [3.05, 3.63) is 30.3 Å². The molecular formula is C15H24O4P+. The van der Waals surface area contributed by atoms with Crippen molar-refractivity contribution in [2.24, 2.45) is 5.92 Å². The fraction of sp³-hybridized carbons (Fsp3) is 0.533. The largest absolute Gasteiger partial charge is 0.481 e. The third-order valence-electron chi connectivity index (χ3n) is 3.12. The van der Waals surface area contributed by atoms with Gasteiger partial charge in [-0.15, -0.1) is 0 Å². The molecule has 5 heteroatoms. The summed E-state index contributed by atoms with van der Waals surface area (Å²) in [6.45, 7) is 4.36. The number of benzene rings is 1. The summed E-state index contributed by atoms with van der Waals surface area (Å²) in [6, 6.07) is 9.17. The van der Waals surface area contributed by atoms with E-state index >= 15 is 0 Å². The second kappa shape index (κ2) is 8.35. The Morgan fingerprint density at radius 3 is 2.40 bits per heavy atom. The predicted octanol–water partition coefficient (Wildman–Crippen LogP) is 3.08. The Bertz CT molecular complexity index is 410. The Balaban J connectivity index is 2.95. The van der Waals surface area contributed by atoms with Crippen molar-refractivity contribution in [2.45, 2.75) is 33.1 Å². The number of aliphatic carboxylic acids is 1. The second-order valence-corrected chi connectivity index (χ2v) is 7.42. The summed E-state index contributed by atoms with van der Waals surface area (Å²) >= 11 is 0. The van der Waals surface area contributed by atoms with Crippen LogP contribution in [0.3, 0.4) is 0 Å². The van der Waals surface area contributed by atoms with Gasteiger partial charge < -0.3 is 5.11 Å². The molecule has 1 rings (SSSR count). The molecule has 112 valence electrons. The average molecular weight is 299 g/mol. The molecule has 0 heterocycles. The Morgan fingerprint density at radius 1 is 1.25 bits per heavy atom. The Morgan fingerprint density at radius 2 is 1.90 bits per heavy atom. The monoisotopic (exact) mass is 299 g/mol. The first-order valence-corrected chi connectivity index (χ1v) is 8.91. The van der Waals surface area contributed by atoms with Gasteiger partial charge in [0.2, 0.25) is 0 Å².